The quantitative estimate of drug-likeness (QED) is 0.591. The first-order chi connectivity index (χ1) is 16.8. The molecule has 4 rings (SSSR count). The molecule has 9 nitrogen and oxygen atoms in total. The van der Waals surface area contributed by atoms with Gasteiger partial charge in [-0.1, -0.05) is 19.3 Å². The fraction of sp³-hybridized carbons (Fsp3) is 0.654. The van der Waals surface area contributed by atoms with E-state index in [1.807, 2.05) is 13.8 Å². The molecule has 1 aliphatic carbocycles. The van der Waals surface area contributed by atoms with Crippen molar-refractivity contribution in [2.24, 2.45) is 0 Å². The first-order valence-electron chi connectivity index (χ1n) is 12.9. The third kappa shape index (κ3) is 6.45. The van der Waals surface area contributed by atoms with Crippen LogP contribution < -0.4 is 20.7 Å². The third-order valence-corrected chi connectivity index (χ3v) is 7.07. The molecular formula is C26H38N4O5. The van der Waals surface area contributed by atoms with Gasteiger partial charge in [0.15, 0.2) is 0 Å². The highest BCUT2D eigenvalue weighted by molar-refractivity contribution is 5.99. The molecule has 4 amide bonds. The molecule has 0 bridgehead atoms. The average Bonchev–Trinajstić information content (AvgIpc) is 2.82. The molecule has 2 heterocycles. The molecule has 1 aromatic carbocycles. The highest BCUT2D eigenvalue weighted by atomic mass is 16.5. The Morgan fingerprint density at radius 3 is 2.63 bits per heavy atom. The van der Waals surface area contributed by atoms with Gasteiger partial charge in [0, 0.05) is 24.8 Å². The van der Waals surface area contributed by atoms with E-state index in [4.69, 9.17) is 9.47 Å². The van der Waals surface area contributed by atoms with Gasteiger partial charge in [0.1, 0.15) is 18.5 Å². The lowest BCUT2D eigenvalue weighted by Crippen LogP contribution is -2.54. The standard InChI is InChI=1S/C26H38N4O5/c1-16(2)27-26(33)29-18-9-12-22-20(13-18)25(32)30(3)21-11-10-19(35-23(21)15-34-22)14-24(31)28-17-7-5-4-6-8-17/h9,12-13,16-17,19,21,23H,4-8,10-11,14-15H2,1-3H3,(H,28,31)(H2,27,29,33)/t19-,21+,23+/m0/s1. The fourth-order valence-electron chi connectivity index (χ4n) is 5.27. The summed E-state index contributed by atoms with van der Waals surface area (Å²) in [5, 5.41) is 8.70. The SMILES string of the molecule is CC(C)NC(=O)Nc1ccc2c(c1)C(=O)N(C)[C@@H]1CC[C@@H](CC(=O)NC3CCCCC3)O[C@@H]1CO2. The molecule has 0 unspecified atom stereocenters. The zero-order chi connectivity index (χ0) is 24.9. The predicted octanol–water partition coefficient (Wildman–Crippen LogP) is 3.44. The summed E-state index contributed by atoms with van der Waals surface area (Å²) in [5.41, 5.74) is 0.926. The normalized spacial score (nSPS) is 25.0. The number of anilines is 1. The number of urea groups is 1. The minimum absolute atomic E-state index is 0.000772. The number of carbonyl (C=O) groups is 3. The van der Waals surface area contributed by atoms with Crippen LogP contribution in [0.2, 0.25) is 0 Å². The van der Waals surface area contributed by atoms with Gasteiger partial charge in [-0.2, -0.15) is 0 Å². The number of hydrogen-bond donors (Lipinski definition) is 3. The van der Waals surface area contributed by atoms with Crippen molar-refractivity contribution in [2.45, 2.75) is 95.5 Å². The Hall–Kier alpha value is -2.81. The molecular weight excluding hydrogens is 448 g/mol. The van der Waals surface area contributed by atoms with E-state index in [-0.39, 0.29) is 54.8 Å². The maximum Gasteiger partial charge on any atom is 0.319 e. The van der Waals surface area contributed by atoms with E-state index in [0.29, 0.717) is 29.8 Å². The third-order valence-electron chi connectivity index (χ3n) is 7.07. The van der Waals surface area contributed by atoms with E-state index in [2.05, 4.69) is 16.0 Å². The molecule has 35 heavy (non-hydrogen) atoms. The summed E-state index contributed by atoms with van der Waals surface area (Å²) < 4.78 is 12.3. The Bertz CT molecular complexity index is 930. The van der Waals surface area contributed by atoms with Crippen LogP contribution in [0.1, 0.15) is 75.6 Å². The van der Waals surface area contributed by atoms with Gasteiger partial charge < -0.3 is 30.3 Å². The summed E-state index contributed by atoms with van der Waals surface area (Å²) in [6.45, 7) is 4.04. The van der Waals surface area contributed by atoms with Crippen LogP contribution >= 0.6 is 0 Å². The number of rotatable bonds is 5. The summed E-state index contributed by atoms with van der Waals surface area (Å²) in [6.07, 6.45) is 7.01. The lowest BCUT2D eigenvalue weighted by atomic mass is 9.93. The molecule has 0 aromatic heterocycles. The Labute approximate surface area is 207 Å². The second-order valence-electron chi connectivity index (χ2n) is 10.2. The number of amides is 4. The highest BCUT2D eigenvalue weighted by Crippen LogP contribution is 2.32. The smallest absolute Gasteiger partial charge is 0.319 e. The Morgan fingerprint density at radius 1 is 1.11 bits per heavy atom. The minimum Gasteiger partial charge on any atom is -0.490 e. The number of nitrogens with one attached hydrogen (secondary N) is 3. The molecule has 2 aliphatic heterocycles. The summed E-state index contributed by atoms with van der Waals surface area (Å²) >= 11 is 0. The second kappa shape index (κ2) is 11.3. The van der Waals surface area contributed by atoms with Gasteiger partial charge in [-0.15, -0.1) is 0 Å². The van der Waals surface area contributed by atoms with Crippen LogP contribution in [0.5, 0.6) is 5.75 Å². The van der Waals surface area contributed by atoms with Crippen LogP contribution in [0.15, 0.2) is 18.2 Å². The maximum absolute atomic E-state index is 13.3. The Morgan fingerprint density at radius 2 is 1.89 bits per heavy atom. The van der Waals surface area contributed by atoms with Crippen molar-refractivity contribution in [2.75, 3.05) is 19.0 Å². The minimum atomic E-state index is -0.327. The van der Waals surface area contributed by atoms with Crippen molar-refractivity contribution < 1.29 is 23.9 Å². The van der Waals surface area contributed by atoms with Crippen molar-refractivity contribution in [3.05, 3.63) is 23.8 Å². The van der Waals surface area contributed by atoms with Gasteiger partial charge in [0.2, 0.25) is 5.91 Å². The molecule has 2 fully saturated rings. The van der Waals surface area contributed by atoms with E-state index < -0.39 is 0 Å². The van der Waals surface area contributed by atoms with Crippen LogP contribution in [-0.2, 0) is 9.53 Å². The van der Waals surface area contributed by atoms with Gasteiger partial charge in [-0.05, 0) is 57.7 Å². The van der Waals surface area contributed by atoms with Gasteiger partial charge in [-0.25, -0.2) is 4.79 Å². The average molecular weight is 487 g/mol. The van der Waals surface area contributed by atoms with Gasteiger partial charge in [-0.3, -0.25) is 9.59 Å². The van der Waals surface area contributed by atoms with Crippen molar-refractivity contribution in [1.82, 2.24) is 15.5 Å². The Kier molecular flexibility index (Phi) is 8.15. The number of nitrogens with zero attached hydrogens (tertiary/aromatic N) is 1. The highest BCUT2D eigenvalue weighted by Gasteiger charge is 2.39. The van der Waals surface area contributed by atoms with E-state index in [9.17, 15) is 14.4 Å². The van der Waals surface area contributed by atoms with Crippen LogP contribution in [-0.4, -0.2) is 66.7 Å². The second-order valence-corrected chi connectivity index (χ2v) is 10.2. The first kappa shape index (κ1) is 25.3. The zero-order valence-corrected chi connectivity index (χ0v) is 21.0. The van der Waals surface area contributed by atoms with E-state index in [0.717, 1.165) is 19.3 Å². The van der Waals surface area contributed by atoms with Crippen LogP contribution in [0.25, 0.3) is 0 Å². The summed E-state index contributed by atoms with van der Waals surface area (Å²) in [6, 6.07) is 4.88. The van der Waals surface area contributed by atoms with E-state index in [1.165, 1.54) is 19.3 Å². The number of ether oxygens (including phenoxy) is 2. The lowest BCUT2D eigenvalue weighted by Gasteiger charge is -2.42. The van der Waals surface area contributed by atoms with Crippen LogP contribution in [0.4, 0.5) is 10.5 Å². The molecule has 192 valence electrons. The molecule has 9 heteroatoms. The van der Waals surface area contributed by atoms with Gasteiger partial charge >= 0.3 is 6.03 Å². The zero-order valence-electron chi connectivity index (χ0n) is 21.0. The molecule has 3 atom stereocenters. The molecule has 1 saturated heterocycles. The van der Waals surface area contributed by atoms with Crippen molar-refractivity contribution in [3.63, 3.8) is 0 Å². The molecule has 3 aliphatic rings. The van der Waals surface area contributed by atoms with E-state index in [1.54, 1.807) is 30.1 Å². The lowest BCUT2D eigenvalue weighted by molar-refractivity contribution is -0.134. The van der Waals surface area contributed by atoms with E-state index >= 15 is 0 Å². The molecule has 0 spiro atoms. The van der Waals surface area contributed by atoms with Gasteiger partial charge in [0.05, 0.1) is 24.1 Å². The van der Waals surface area contributed by atoms with Crippen LogP contribution in [0.3, 0.4) is 0 Å². The maximum atomic E-state index is 13.3. The van der Waals surface area contributed by atoms with Crippen molar-refractivity contribution in [3.8, 4) is 5.75 Å². The monoisotopic (exact) mass is 486 g/mol. The van der Waals surface area contributed by atoms with Gasteiger partial charge in [0.25, 0.3) is 5.91 Å². The number of carbonyl (C=O) groups excluding carboxylic acids is 3. The fourth-order valence-corrected chi connectivity index (χ4v) is 5.27. The first-order valence-corrected chi connectivity index (χ1v) is 12.9. The molecule has 0 radical (unpaired) electrons. The topological polar surface area (TPSA) is 109 Å². The number of likely N-dealkylation sites (N-methyl/N-ethyl adjacent to an activating group) is 1. The molecule has 1 saturated carbocycles. The number of fused-ring (bicyclic) bond motifs is 2. The number of hydrogen-bond acceptors (Lipinski definition) is 5. The van der Waals surface area contributed by atoms with Crippen molar-refractivity contribution in [1.29, 1.82) is 0 Å². The van der Waals surface area contributed by atoms with Crippen LogP contribution in [0, 0.1) is 0 Å². The Balaban J connectivity index is 1.39. The molecule has 3 N–H and O–H groups in total. The largest absolute Gasteiger partial charge is 0.490 e. The van der Waals surface area contributed by atoms with Crippen molar-refractivity contribution >= 4 is 23.5 Å². The summed E-state index contributed by atoms with van der Waals surface area (Å²) in [4.78, 5) is 39.7. The predicted molar refractivity (Wildman–Crippen MR) is 133 cm³/mol. The summed E-state index contributed by atoms with van der Waals surface area (Å²) in [5.74, 6) is 0.319. The number of benzene rings is 1. The summed E-state index contributed by atoms with van der Waals surface area (Å²) in [7, 11) is 1.78. The molecule has 1 aromatic rings.